The molecular formula is C18H26N2O5S. The first-order chi connectivity index (χ1) is 12.5. The SMILES string of the molecule is CCOC(=O)N1CCc2ccc(S(=O)(=O)N3CCC[C@H]3COC)cc2C1. The lowest BCUT2D eigenvalue weighted by molar-refractivity contribution is 0.102. The summed E-state index contributed by atoms with van der Waals surface area (Å²) in [6.07, 6.45) is 2.00. The summed E-state index contributed by atoms with van der Waals surface area (Å²) in [7, 11) is -1.98. The number of sulfonamides is 1. The van der Waals surface area contributed by atoms with Crippen molar-refractivity contribution in [1.29, 1.82) is 0 Å². The van der Waals surface area contributed by atoms with Crippen LogP contribution in [0.3, 0.4) is 0 Å². The van der Waals surface area contributed by atoms with Crippen LogP contribution in [0.1, 0.15) is 30.9 Å². The standard InChI is InChI=1S/C18H26N2O5S/c1-3-25-18(21)19-10-8-14-6-7-17(11-15(14)12-19)26(22,23)20-9-4-5-16(20)13-24-2/h6-7,11,16H,3-5,8-10,12-13H2,1-2H3/t16-/m0/s1. The van der Waals surface area contributed by atoms with Crippen LogP contribution in [0.15, 0.2) is 23.1 Å². The van der Waals surface area contributed by atoms with E-state index in [1.165, 1.54) is 0 Å². The van der Waals surface area contributed by atoms with Gasteiger partial charge < -0.3 is 14.4 Å². The van der Waals surface area contributed by atoms with Gasteiger partial charge in [-0.05, 0) is 49.4 Å². The number of nitrogens with zero attached hydrogens (tertiary/aromatic N) is 2. The van der Waals surface area contributed by atoms with Crippen LogP contribution in [0.25, 0.3) is 0 Å². The number of benzene rings is 1. The number of amides is 1. The highest BCUT2D eigenvalue weighted by atomic mass is 32.2. The van der Waals surface area contributed by atoms with Crippen molar-refractivity contribution in [2.45, 2.75) is 43.7 Å². The smallest absolute Gasteiger partial charge is 0.410 e. The quantitative estimate of drug-likeness (QED) is 0.779. The fourth-order valence-corrected chi connectivity index (χ4v) is 5.41. The normalized spacial score (nSPS) is 20.8. The van der Waals surface area contributed by atoms with E-state index >= 15 is 0 Å². The van der Waals surface area contributed by atoms with Gasteiger partial charge in [0, 0.05) is 32.8 Å². The molecule has 1 aromatic carbocycles. The highest BCUT2D eigenvalue weighted by Gasteiger charge is 2.35. The molecule has 1 aromatic rings. The third-order valence-electron chi connectivity index (χ3n) is 5.00. The second-order valence-electron chi connectivity index (χ2n) is 6.67. The Balaban J connectivity index is 1.84. The average molecular weight is 382 g/mol. The Bertz CT molecular complexity index is 765. The fraction of sp³-hybridized carbons (Fsp3) is 0.611. The summed E-state index contributed by atoms with van der Waals surface area (Å²) in [6, 6.07) is 5.14. The van der Waals surface area contributed by atoms with Gasteiger partial charge >= 0.3 is 6.09 Å². The number of ether oxygens (including phenoxy) is 2. The van der Waals surface area contributed by atoms with Crippen molar-refractivity contribution in [2.75, 3.05) is 33.4 Å². The Labute approximate surface area is 154 Å². The molecular weight excluding hydrogens is 356 g/mol. The molecule has 0 N–H and O–H groups in total. The molecule has 2 aliphatic heterocycles. The molecule has 0 spiro atoms. The molecule has 0 aliphatic carbocycles. The molecule has 2 heterocycles. The van der Waals surface area contributed by atoms with Crippen LogP contribution in [0.5, 0.6) is 0 Å². The monoisotopic (exact) mass is 382 g/mol. The summed E-state index contributed by atoms with van der Waals surface area (Å²) >= 11 is 0. The van der Waals surface area contributed by atoms with Crippen LogP contribution in [-0.4, -0.2) is 63.2 Å². The summed E-state index contributed by atoms with van der Waals surface area (Å²) < 4.78 is 38.0. The number of hydrogen-bond donors (Lipinski definition) is 0. The van der Waals surface area contributed by atoms with E-state index in [2.05, 4.69) is 0 Å². The maximum Gasteiger partial charge on any atom is 0.410 e. The van der Waals surface area contributed by atoms with Gasteiger partial charge in [-0.25, -0.2) is 13.2 Å². The van der Waals surface area contributed by atoms with E-state index in [1.54, 1.807) is 35.4 Å². The molecule has 0 aromatic heterocycles. The third-order valence-corrected chi connectivity index (χ3v) is 6.95. The zero-order valence-electron chi connectivity index (χ0n) is 15.3. The van der Waals surface area contributed by atoms with Gasteiger partial charge in [0.2, 0.25) is 10.0 Å². The maximum absolute atomic E-state index is 13.1. The van der Waals surface area contributed by atoms with Gasteiger partial charge in [0.05, 0.1) is 18.1 Å². The van der Waals surface area contributed by atoms with Crippen LogP contribution in [0.2, 0.25) is 0 Å². The van der Waals surface area contributed by atoms with Crippen molar-refractivity contribution >= 4 is 16.1 Å². The first-order valence-electron chi connectivity index (χ1n) is 9.01. The lowest BCUT2D eigenvalue weighted by atomic mass is 10.0. The predicted molar refractivity (Wildman–Crippen MR) is 96.4 cm³/mol. The van der Waals surface area contributed by atoms with Gasteiger partial charge in [0.15, 0.2) is 0 Å². The molecule has 8 heteroatoms. The van der Waals surface area contributed by atoms with Gasteiger partial charge in [-0.3, -0.25) is 0 Å². The number of methoxy groups -OCH3 is 1. The summed E-state index contributed by atoms with van der Waals surface area (Å²) in [6.45, 7) is 3.97. The molecule has 144 valence electrons. The summed E-state index contributed by atoms with van der Waals surface area (Å²) in [5.74, 6) is 0. The molecule has 3 rings (SSSR count). The predicted octanol–water partition coefficient (Wildman–Crippen LogP) is 2.00. The van der Waals surface area contributed by atoms with Crippen LogP contribution in [0.4, 0.5) is 4.79 Å². The minimum Gasteiger partial charge on any atom is -0.450 e. The molecule has 0 radical (unpaired) electrons. The molecule has 0 unspecified atom stereocenters. The third kappa shape index (κ3) is 3.72. The van der Waals surface area contributed by atoms with E-state index in [0.29, 0.717) is 39.3 Å². The van der Waals surface area contributed by atoms with Crippen LogP contribution in [0, 0.1) is 0 Å². The number of rotatable bonds is 5. The maximum atomic E-state index is 13.1. The highest BCUT2D eigenvalue weighted by molar-refractivity contribution is 7.89. The first-order valence-corrected chi connectivity index (χ1v) is 10.5. The van der Waals surface area contributed by atoms with E-state index in [-0.39, 0.29) is 17.0 Å². The fourth-order valence-electron chi connectivity index (χ4n) is 3.68. The minimum absolute atomic E-state index is 0.114. The highest BCUT2D eigenvalue weighted by Crippen LogP contribution is 2.29. The van der Waals surface area contributed by atoms with Gasteiger partial charge in [-0.15, -0.1) is 0 Å². The van der Waals surface area contributed by atoms with Crippen molar-refractivity contribution in [1.82, 2.24) is 9.21 Å². The molecule has 7 nitrogen and oxygen atoms in total. The van der Waals surface area contributed by atoms with Crippen LogP contribution < -0.4 is 0 Å². The topological polar surface area (TPSA) is 76.2 Å². The van der Waals surface area contributed by atoms with E-state index in [1.807, 2.05) is 6.07 Å². The van der Waals surface area contributed by atoms with Crippen molar-refractivity contribution in [3.8, 4) is 0 Å². The van der Waals surface area contributed by atoms with Crippen molar-refractivity contribution in [2.24, 2.45) is 0 Å². The Morgan fingerprint density at radius 1 is 1.27 bits per heavy atom. The van der Waals surface area contributed by atoms with E-state index in [0.717, 1.165) is 24.0 Å². The largest absolute Gasteiger partial charge is 0.450 e. The second kappa shape index (κ2) is 7.94. The number of fused-ring (bicyclic) bond motifs is 1. The van der Waals surface area contributed by atoms with Crippen molar-refractivity contribution in [3.63, 3.8) is 0 Å². The molecule has 2 aliphatic rings. The lowest BCUT2D eigenvalue weighted by Gasteiger charge is -2.29. The lowest BCUT2D eigenvalue weighted by Crippen LogP contribution is -2.38. The molecule has 0 bridgehead atoms. The van der Waals surface area contributed by atoms with Gasteiger partial charge in [-0.1, -0.05) is 6.07 Å². The first kappa shape index (κ1) is 19.1. The van der Waals surface area contributed by atoms with Crippen LogP contribution >= 0.6 is 0 Å². The number of carbonyl (C=O) groups is 1. The van der Waals surface area contributed by atoms with Gasteiger partial charge in [-0.2, -0.15) is 4.31 Å². The van der Waals surface area contributed by atoms with Crippen molar-refractivity contribution < 1.29 is 22.7 Å². The molecule has 1 atom stereocenters. The van der Waals surface area contributed by atoms with E-state index < -0.39 is 10.0 Å². The summed E-state index contributed by atoms with van der Waals surface area (Å²) in [5, 5.41) is 0. The number of hydrogen-bond acceptors (Lipinski definition) is 5. The molecule has 1 saturated heterocycles. The zero-order chi connectivity index (χ0) is 18.7. The Morgan fingerprint density at radius 2 is 2.08 bits per heavy atom. The van der Waals surface area contributed by atoms with Gasteiger partial charge in [0.1, 0.15) is 0 Å². The van der Waals surface area contributed by atoms with Crippen molar-refractivity contribution in [3.05, 3.63) is 29.3 Å². The summed E-state index contributed by atoms with van der Waals surface area (Å²) in [5.41, 5.74) is 1.95. The van der Waals surface area contributed by atoms with Crippen LogP contribution in [-0.2, 0) is 32.5 Å². The molecule has 26 heavy (non-hydrogen) atoms. The summed E-state index contributed by atoms with van der Waals surface area (Å²) in [4.78, 5) is 13.9. The molecule has 1 amide bonds. The average Bonchev–Trinajstić information content (AvgIpc) is 3.10. The van der Waals surface area contributed by atoms with E-state index in [9.17, 15) is 13.2 Å². The number of carbonyl (C=O) groups excluding carboxylic acids is 1. The zero-order valence-corrected chi connectivity index (χ0v) is 16.1. The van der Waals surface area contributed by atoms with E-state index in [4.69, 9.17) is 9.47 Å². The minimum atomic E-state index is -3.57. The Kier molecular flexibility index (Phi) is 5.84. The second-order valence-corrected chi connectivity index (χ2v) is 8.56. The van der Waals surface area contributed by atoms with Gasteiger partial charge in [0.25, 0.3) is 0 Å². The Hall–Kier alpha value is -1.64. The molecule has 0 saturated carbocycles. The Morgan fingerprint density at radius 3 is 2.81 bits per heavy atom. The molecule has 1 fully saturated rings.